The van der Waals surface area contributed by atoms with E-state index in [1.54, 1.807) is 7.11 Å². The number of hydrogen-bond donors (Lipinski definition) is 2. The molecule has 0 saturated carbocycles. The minimum Gasteiger partial charge on any atom is -0.496 e. The second-order valence-corrected chi connectivity index (χ2v) is 7.49. The van der Waals surface area contributed by atoms with Crippen LogP contribution in [0.5, 0.6) is 5.75 Å². The van der Waals surface area contributed by atoms with Gasteiger partial charge in [-0.05, 0) is 49.9 Å². The van der Waals surface area contributed by atoms with Crippen LogP contribution in [0.15, 0.2) is 18.2 Å². The first-order chi connectivity index (χ1) is 13.4. The Hall–Kier alpha value is -2.38. The Morgan fingerprint density at radius 1 is 1.18 bits per heavy atom. The quantitative estimate of drug-likeness (QED) is 0.787. The van der Waals surface area contributed by atoms with E-state index in [1.165, 1.54) is 16.7 Å². The molecule has 1 atom stereocenters. The van der Waals surface area contributed by atoms with Gasteiger partial charge in [-0.1, -0.05) is 6.07 Å². The highest BCUT2D eigenvalue weighted by Crippen LogP contribution is 2.27. The predicted octanol–water partition coefficient (Wildman–Crippen LogP) is 2.07. The van der Waals surface area contributed by atoms with Crippen LogP contribution < -0.4 is 15.4 Å². The number of aliphatic hydroxyl groups is 1. The highest BCUT2D eigenvalue weighted by molar-refractivity contribution is 5.45. The van der Waals surface area contributed by atoms with Crippen LogP contribution in [0.2, 0.25) is 0 Å². The van der Waals surface area contributed by atoms with Crippen molar-refractivity contribution in [3.8, 4) is 5.75 Å². The summed E-state index contributed by atoms with van der Waals surface area (Å²) in [4.78, 5) is 13.3. The molecule has 2 aromatic rings. The molecule has 1 aliphatic rings. The van der Waals surface area contributed by atoms with Crippen molar-refractivity contribution >= 4 is 11.8 Å². The molecule has 3 rings (SSSR count). The highest BCUT2D eigenvalue weighted by atomic mass is 16.5. The first kappa shape index (κ1) is 20.4. The van der Waals surface area contributed by atoms with Gasteiger partial charge in [0.05, 0.1) is 7.11 Å². The molecule has 1 fully saturated rings. The van der Waals surface area contributed by atoms with Crippen LogP contribution in [-0.4, -0.2) is 59.4 Å². The number of aryl methyl sites for hydroxylation is 1. The molecule has 2 heterocycles. The van der Waals surface area contributed by atoms with Crippen LogP contribution in [0.3, 0.4) is 0 Å². The van der Waals surface area contributed by atoms with E-state index in [1.807, 2.05) is 19.1 Å². The Morgan fingerprint density at radius 3 is 2.64 bits per heavy atom. The summed E-state index contributed by atoms with van der Waals surface area (Å²) >= 11 is 0. The lowest BCUT2D eigenvalue weighted by molar-refractivity contribution is 0.135. The standard InChI is InChI=1S/C21H31N5O2/c1-14-11-20(24-21(22)23-14)26-9-8-25(18(13-26)7-10-27)12-17-5-6-19(28-4)16(3)15(17)2/h5-6,11,18,27H,7-10,12-13H2,1-4H3,(H2,22,23,24)/t18-/m1/s1. The third-order valence-corrected chi connectivity index (χ3v) is 5.69. The molecule has 0 spiro atoms. The fraction of sp³-hybridized carbons (Fsp3) is 0.524. The Morgan fingerprint density at radius 2 is 1.96 bits per heavy atom. The average molecular weight is 386 g/mol. The van der Waals surface area contributed by atoms with E-state index in [0.717, 1.165) is 49.9 Å². The number of methoxy groups -OCH3 is 1. The molecule has 0 radical (unpaired) electrons. The summed E-state index contributed by atoms with van der Waals surface area (Å²) < 4.78 is 5.44. The van der Waals surface area contributed by atoms with Crippen LogP contribution in [0.4, 0.5) is 11.8 Å². The number of aliphatic hydroxyl groups excluding tert-OH is 1. The van der Waals surface area contributed by atoms with Gasteiger partial charge in [-0.3, -0.25) is 4.90 Å². The zero-order valence-electron chi connectivity index (χ0n) is 17.3. The molecule has 7 nitrogen and oxygen atoms in total. The summed E-state index contributed by atoms with van der Waals surface area (Å²) in [5.74, 6) is 2.10. The Bertz CT molecular complexity index is 806. The summed E-state index contributed by atoms with van der Waals surface area (Å²) in [5.41, 5.74) is 10.5. The maximum absolute atomic E-state index is 9.61. The van der Waals surface area contributed by atoms with E-state index in [9.17, 15) is 5.11 Å². The van der Waals surface area contributed by atoms with Crippen molar-refractivity contribution in [1.82, 2.24) is 14.9 Å². The fourth-order valence-electron chi connectivity index (χ4n) is 3.93. The number of rotatable bonds is 6. The van der Waals surface area contributed by atoms with Gasteiger partial charge < -0.3 is 20.5 Å². The topological polar surface area (TPSA) is 87.7 Å². The zero-order chi connectivity index (χ0) is 20.3. The number of nitrogen functional groups attached to an aromatic ring is 1. The van der Waals surface area contributed by atoms with E-state index < -0.39 is 0 Å². The van der Waals surface area contributed by atoms with Crippen LogP contribution >= 0.6 is 0 Å². The zero-order valence-corrected chi connectivity index (χ0v) is 17.3. The van der Waals surface area contributed by atoms with Gasteiger partial charge in [0.15, 0.2) is 0 Å². The lowest BCUT2D eigenvalue weighted by atomic mass is 10.00. The van der Waals surface area contributed by atoms with Crippen molar-refractivity contribution in [3.05, 3.63) is 40.6 Å². The first-order valence-corrected chi connectivity index (χ1v) is 9.77. The normalized spacial score (nSPS) is 17.8. The number of piperazine rings is 1. The van der Waals surface area contributed by atoms with E-state index in [0.29, 0.717) is 5.95 Å². The van der Waals surface area contributed by atoms with Crippen LogP contribution in [0, 0.1) is 20.8 Å². The lowest BCUT2D eigenvalue weighted by Crippen LogP contribution is -2.53. The van der Waals surface area contributed by atoms with E-state index in [-0.39, 0.29) is 12.6 Å². The van der Waals surface area contributed by atoms with Gasteiger partial charge in [0, 0.05) is 50.6 Å². The Balaban J connectivity index is 1.77. The number of anilines is 2. The molecule has 1 aromatic carbocycles. The van der Waals surface area contributed by atoms with Gasteiger partial charge in [0.1, 0.15) is 11.6 Å². The second-order valence-electron chi connectivity index (χ2n) is 7.49. The smallest absolute Gasteiger partial charge is 0.222 e. The van der Waals surface area contributed by atoms with Gasteiger partial charge in [-0.2, -0.15) is 4.98 Å². The molecule has 1 saturated heterocycles. The van der Waals surface area contributed by atoms with Crippen LogP contribution in [0.25, 0.3) is 0 Å². The van der Waals surface area contributed by atoms with Gasteiger partial charge in [0.2, 0.25) is 5.95 Å². The first-order valence-electron chi connectivity index (χ1n) is 9.77. The number of aromatic nitrogens is 2. The molecule has 28 heavy (non-hydrogen) atoms. The Kier molecular flexibility index (Phi) is 6.36. The summed E-state index contributed by atoms with van der Waals surface area (Å²) in [6, 6.07) is 6.41. The van der Waals surface area contributed by atoms with Crippen molar-refractivity contribution in [3.63, 3.8) is 0 Å². The third kappa shape index (κ3) is 4.36. The number of nitrogens with two attached hydrogens (primary N) is 1. The number of nitrogens with zero attached hydrogens (tertiary/aromatic N) is 4. The summed E-state index contributed by atoms with van der Waals surface area (Å²) in [6.45, 7) is 9.78. The average Bonchev–Trinajstić information content (AvgIpc) is 2.66. The largest absolute Gasteiger partial charge is 0.496 e. The molecule has 152 valence electrons. The van der Waals surface area contributed by atoms with Gasteiger partial charge in [-0.25, -0.2) is 4.98 Å². The number of benzene rings is 1. The summed E-state index contributed by atoms with van der Waals surface area (Å²) in [6.07, 6.45) is 0.726. The molecule has 0 unspecified atom stereocenters. The summed E-state index contributed by atoms with van der Waals surface area (Å²) in [5, 5.41) is 9.61. The molecular formula is C21H31N5O2. The maximum atomic E-state index is 9.61. The molecule has 0 bridgehead atoms. The minimum atomic E-state index is 0.167. The maximum Gasteiger partial charge on any atom is 0.222 e. The van der Waals surface area contributed by atoms with Crippen molar-refractivity contribution in [1.29, 1.82) is 0 Å². The molecular weight excluding hydrogens is 354 g/mol. The SMILES string of the molecule is COc1ccc(CN2CCN(c3cc(C)nc(N)n3)C[C@H]2CCO)c(C)c1C. The van der Waals surface area contributed by atoms with E-state index >= 15 is 0 Å². The molecule has 3 N–H and O–H groups in total. The monoisotopic (exact) mass is 385 g/mol. The molecule has 1 aromatic heterocycles. The molecule has 7 heteroatoms. The minimum absolute atomic E-state index is 0.167. The predicted molar refractivity (Wildman–Crippen MR) is 112 cm³/mol. The number of hydrogen-bond acceptors (Lipinski definition) is 7. The fourth-order valence-corrected chi connectivity index (χ4v) is 3.93. The summed E-state index contributed by atoms with van der Waals surface area (Å²) in [7, 11) is 1.71. The second kappa shape index (κ2) is 8.75. The van der Waals surface area contributed by atoms with Gasteiger partial charge in [-0.15, -0.1) is 0 Å². The van der Waals surface area contributed by atoms with Crippen molar-refractivity contribution in [2.24, 2.45) is 0 Å². The van der Waals surface area contributed by atoms with Crippen molar-refractivity contribution in [2.45, 2.75) is 39.8 Å². The third-order valence-electron chi connectivity index (χ3n) is 5.69. The van der Waals surface area contributed by atoms with Gasteiger partial charge >= 0.3 is 0 Å². The van der Waals surface area contributed by atoms with Gasteiger partial charge in [0.25, 0.3) is 0 Å². The van der Waals surface area contributed by atoms with Crippen molar-refractivity contribution < 1.29 is 9.84 Å². The highest BCUT2D eigenvalue weighted by Gasteiger charge is 2.28. The van der Waals surface area contributed by atoms with Crippen LogP contribution in [-0.2, 0) is 6.54 Å². The lowest BCUT2D eigenvalue weighted by Gasteiger charge is -2.42. The van der Waals surface area contributed by atoms with Crippen molar-refractivity contribution in [2.75, 3.05) is 44.0 Å². The van der Waals surface area contributed by atoms with E-state index in [2.05, 4.69) is 39.7 Å². The molecule has 1 aliphatic heterocycles. The van der Waals surface area contributed by atoms with E-state index in [4.69, 9.17) is 10.5 Å². The Labute approximate surface area is 167 Å². The molecule has 0 amide bonds. The molecule has 0 aliphatic carbocycles. The number of ether oxygens (including phenoxy) is 1. The van der Waals surface area contributed by atoms with Crippen LogP contribution in [0.1, 0.15) is 28.8 Å².